The van der Waals surface area contributed by atoms with Gasteiger partial charge < -0.3 is 14.2 Å². The number of carbonyl (C=O) groups is 1. The number of rotatable bonds is 5. The van der Waals surface area contributed by atoms with E-state index in [2.05, 4.69) is 9.88 Å². The quantitative estimate of drug-likeness (QED) is 0.646. The number of anilines is 1. The van der Waals surface area contributed by atoms with E-state index in [1.165, 1.54) is 6.07 Å². The van der Waals surface area contributed by atoms with Crippen molar-refractivity contribution in [1.82, 2.24) is 9.88 Å². The van der Waals surface area contributed by atoms with Gasteiger partial charge in [-0.1, -0.05) is 30.3 Å². The van der Waals surface area contributed by atoms with Crippen molar-refractivity contribution in [2.45, 2.75) is 38.3 Å². The molecule has 3 aromatic rings. The van der Waals surface area contributed by atoms with Crippen LogP contribution in [0.4, 0.5) is 10.4 Å². The lowest BCUT2D eigenvalue weighted by Crippen LogP contribution is -2.43. The minimum atomic E-state index is -0.239. The Hall–Kier alpha value is -2.89. The fourth-order valence-electron chi connectivity index (χ4n) is 4.13. The van der Waals surface area contributed by atoms with Crippen LogP contribution in [0.2, 0.25) is 0 Å². The highest BCUT2D eigenvalue weighted by Crippen LogP contribution is 2.33. The highest BCUT2D eigenvalue weighted by Gasteiger charge is 2.37. The first-order valence-electron chi connectivity index (χ1n) is 10.3. The van der Waals surface area contributed by atoms with Crippen LogP contribution in [0.5, 0.6) is 0 Å². The van der Waals surface area contributed by atoms with Crippen LogP contribution in [0.3, 0.4) is 0 Å². The third-order valence-corrected chi connectivity index (χ3v) is 5.97. The SMILES string of the molecule is O=C(C1CCN(c2nc3ccccc3o2)CC1)N(Cc1ccccc1F)C1CC1. The molecule has 29 heavy (non-hydrogen) atoms. The summed E-state index contributed by atoms with van der Waals surface area (Å²) in [5, 5.41) is 0. The average molecular weight is 393 g/mol. The van der Waals surface area contributed by atoms with Crippen LogP contribution in [0.25, 0.3) is 11.1 Å². The molecule has 2 heterocycles. The molecule has 5 nitrogen and oxygen atoms in total. The van der Waals surface area contributed by atoms with E-state index in [4.69, 9.17) is 4.42 Å². The second-order valence-electron chi connectivity index (χ2n) is 8.01. The minimum Gasteiger partial charge on any atom is -0.423 e. The molecule has 2 aliphatic rings. The molecule has 0 radical (unpaired) electrons. The van der Waals surface area contributed by atoms with Crippen molar-refractivity contribution >= 4 is 23.0 Å². The fraction of sp³-hybridized carbons (Fsp3) is 0.391. The summed E-state index contributed by atoms with van der Waals surface area (Å²) in [5.41, 5.74) is 2.23. The first-order chi connectivity index (χ1) is 14.2. The zero-order valence-corrected chi connectivity index (χ0v) is 16.3. The topological polar surface area (TPSA) is 49.6 Å². The monoisotopic (exact) mass is 393 g/mol. The number of hydrogen-bond acceptors (Lipinski definition) is 4. The molecule has 2 fully saturated rings. The maximum absolute atomic E-state index is 14.1. The van der Waals surface area contributed by atoms with Crippen LogP contribution in [-0.2, 0) is 11.3 Å². The van der Waals surface area contributed by atoms with E-state index in [9.17, 15) is 9.18 Å². The van der Waals surface area contributed by atoms with Gasteiger partial charge in [0, 0.05) is 37.2 Å². The molecule has 5 rings (SSSR count). The van der Waals surface area contributed by atoms with Crippen molar-refractivity contribution < 1.29 is 13.6 Å². The molecule has 150 valence electrons. The molecule has 1 saturated carbocycles. The summed E-state index contributed by atoms with van der Waals surface area (Å²) in [6, 6.07) is 15.4. The smallest absolute Gasteiger partial charge is 0.298 e. The van der Waals surface area contributed by atoms with Gasteiger partial charge >= 0.3 is 0 Å². The van der Waals surface area contributed by atoms with E-state index >= 15 is 0 Å². The molecule has 1 amide bonds. The van der Waals surface area contributed by atoms with Gasteiger partial charge in [0.25, 0.3) is 6.01 Å². The third-order valence-electron chi connectivity index (χ3n) is 5.97. The van der Waals surface area contributed by atoms with E-state index < -0.39 is 0 Å². The normalized spacial score (nSPS) is 17.6. The van der Waals surface area contributed by atoms with Crippen molar-refractivity contribution in [3.05, 3.63) is 59.9 Å². The Morgan fingerprint density at radius 2 is 1.79 bits per heavy atom. The molecule has 1 aromatic heterocycles. The largest absolute Gasteiger partial charge is 0.423 e. The standard InChI is InChI=1S/C23H24FN3O2/c24-19-6-2-1-5-17(19)15-27(18-9-10-18)22(28)16-11-13-26(14-12-16)23-25-20-7-3-4-8-21(20)29-23/h1-8,16,18H,9-15H2. The van der Waals surface area contributed by atoms with Gasteiger partial charge in [-0.05, 0) is 43.9 Å². The second kappa shape index (κ2) is 7.50. The molecule has 0 bridgehead atoms. The van der Waals surface area contributed by atoms with Gasteiger partial charge in [-0.2, -0.15) is 4.98 Å². The summed E-state index contributed by atoms with van der Waals surface area (Å²) in [5.74, 6) is -0.104. The van der Waals surface area contributed by atoms with Gasteiger partial charge in [0.2, 0.25) is 5.91 Å². The van der Waals surface area contributed by atoms with Crippen LogP contribution in [0.1, 0.15) is 31.2 Å². The number of piperidine rings is 1. The number of amides is 1. The Balaban J connectivity index is 1.25. The summed E-state index contributed by atoms with van der Waals surface area (Å²) < 4.78 is 20.0. The van der Waals surface area contributed by atoms with Crippen molar-refractivity contribution in [2.75, 3.05) is 18.0 Å². The number of para-hydroxylation sites is 2. The summed E-state index contributed by atoms with van der Waals surface area (Å²) in [7, 11) is 0. The first kappa shape index (κ1) is 18.2. The molecule has 1 aliphatic heterocycles. The maximum Gasteiger partial charge on any atom is 0.298 e. The number of hydrogen-bond donors (Lipinski definition) is 0. The molecule has 2 aromatic carbocycles. The number of nitrogens with zero attached hydrogens (tertiary/aromatic N) is 3. The van der Waals surface area contributed by atoms with Crippen LogP contribution >= 0.6 is 0 Å². The van der Waals surface area contributed by atoms with E-state index in [0.717, 1.165) is 49.9 Å². The molecule has 1 saturated heterocycles. The first-order valence-corrected chi connectivity index (χ1v) is 10.3. The predicted molar refractivity (Wildman–Crippen MR) is 109 cm³/mol. The van der Waals surface area contributed by atoms with Gasteiger partial charge in [-0.25, -0.2) is 4.39 Å². The molecule has 6 heteroatoms. The number of aromatic nitrogens is 1. The molecule has 0 N–H and O–H groups in total. The summed E-state index contributed by atoms with van der Waals surface area (Å²) >= 11 is 0. The highest BCUT2D eigenvalue weighted by molar-refractivity contribution is 5.80. The summed E-state index contributed by atoms with van der Waals surface area (Å²) in [6.07, 6.45) is 3.56. The summed E-state index contributed by atoms with van der Waals surface area (Å²) in [6.45, 7) is 1.84. The zero-order chi connectivity index (χ0) is 19.8. The van der Waals surface area contributed by atoms with Crippen molar-refractivity contribution in [2.24, 2.45) is 5.92 Å². The van der Waals surface area contributed by atoms with E-state index in [1.54, 1.807) is 12.1 Å². The number of benzene rings is 2. The molecule has 0 atom stereocenters. The Bertz CT molecular complexity index is 989. The number of carbonyl (C=O) groups excluding carboxylic acids is 1. The van der Waals surface area contributed by atoms with Crippen LogP contribution < -0.4 is 4.90 Å². The lowest BCUT2D eigenvalue weighted by Gasteiger charge is -2.33. The Morgan fingerprint density at radius 1 is 1.07 bits per heavy atom. The number of halogens is 1. The van der Waals surface area contributed by atoms with Gasteiger partial charge in [-0.15, -0.1) is 0 Å². The second-order valence-corrected chi connectivity index (χ2v) is 8.01. The molecular weight excluding hydrogens is 369 g/mol. The minimum absolute atomic E-state index is 0.0250. The number of fused-ring (bicyclic) bond motifs is 1. The van der Waals surface area contributed by atoms with Crippen LogP contribution in [0.15, 0.2) is 52.9 Å². The summed E-state index contributed by atoms with van der Waals surface area (Å²) in [4.78, 5) is 21.8. The van der Waals surface area contributed by atoms with Gasteiger partial charge in [0.05, 0.1) is 0 Å². The van der Waals surface area contributed by atoms with E-state index in [1.807, 2.05) is 35.2 Å². The van der Waals surface area contributed by atoms with Crippen molar-refractivity contribution in [3.63, 3.8) is 0 Å². The van der Waals surface area contributed by atoms with Crippen molar-refractivity contribution in [3.8, 4) is 0 Å². The van der Waals surface area contributed by atoms with Crippen LogP contribution in [-0.4, -0.2) is 34.9 Å². The van der Waals surface area contributed by atoms with E-state index in [-0.39, 0.29) is 23.7 Å². The van der Waals surface area contributed by atoms with Crippen LogP contribution in [0, 0.1) is 11.7 Å². The molecule has 0 spiro atoms. The number of oxazole rings is 1. The van der Waals surface area contributed by atoms with E-state index in [0.29, 0.717) is 18.1 Å². The molecule has 1 aliphatic carbocycles. The lowest BCUT2D eigenvalue weighted by molar-refractivity contribution is -0.137. The highest BCUT2D eigenvalue weighted by atomic mass is 19.1. The predicted octanol–water partition coefficient (Wildman–Crippen LogP) is 4.37. The fourth-order valence-corrected chi connectivity index (χ4v) is 4.13. The zero-order valence-electron chi connectivity index (χ0n) is 16.3. The Labute approximate surface area is 169 Å². The van der Waals surface area contributed by atoms with Crippen molar-refractivity contribution in [1.29, 1.82) is 0 Å². The van der Waals surface area contributed by atoms with Gasteiger partial charge in [-0.3, -0.25) is 4.79 Å². The maximum atomic E-state index is 14.1. The van der Waals surface area contributed by atoms with Gasteiger partial charge in [0.1, 0.15) is 11.3 Å². The average Bonchev–Trinajstić information content (AvgIpc) is 3.50. The third kappa shape index (κ3) is 3.71. The van der Waals surface area contributed by atoms with Gasteiger partial charge in [0.15, 0.2) is 5.58 Å². The molecule has 0 unspecified atom stereocenters. The lowest BCUT2D eigenvalue weighted by atomic mass is 9.95. The Kier molecular flexibility index (Phi) is 4.70. The molecular formula is C23H24FN3O2. The Morgan fingerprint density at radius 3 is 2.52 bits per heavy atom.